The highest BCUT2D eigenvalue weighted by Gasteiger charge is 2.06. The van der Waals surface area contributed by atoms with E-state index in [0.717, 1.165) is 12.1 Å². The number of benzene rings is 1. The van der Waals surface area contributed by atoms with E-state index in [1.165, 1.54) is 0 Å². The number of phenolic OH excluding ortho intramolecular Hbond substituents is 1. The average Bonchev–Trinajstić information content (AvgIpc) is 2.33. The van der Waals surface area contributed by atoms with Gasteiger partial charge in [0.05, 0.1) is 6.61 Å². The van der Waals surface area contributed by atoms with E-state index in [1.807, 2.05) is 31.0 Å². The van der Waals surface area contributed by atoms with Gasteiger partial charge < -0.3 is 19.8 Å². The molecular formula is C14H21NO4. The Hall–Kier alpha value is -1.75. The van der Waals surface area contributed by atoms with Crippen LogP contribution in [-0.4, -0.2) is 41.3 Å². The molecule has 0 unspecified atom stereocenters. The molecule has 0 aliphatic heterocycles. The molecule has 0 bridgehead atoms. The summed E-state index contributed by atoms with van der Waals surface area (Å²) in [4.78, 5) is 12.5. The van der Waals surface area contributed by atoms with Gasteiger partial charge in [-0.2, -0.15) is 0 Å². The van der Waals surface area contributed by atoms with Crippen molar-refractivity contribution in [3.8, 4) is 11.5 Å². The first-order chi connectivity index (χ1) is 9.02. The predicted octanol–water partition coefficient (Wildman–Crippen LogP) is 2.09. The molecule has 0 aliphatic carbocycles. The summed E-state index contributed by atoms with van der Waals surface area (Å²) in [5.41, 5.74) is 1.03. The second-order valence-corrected chi connectivity index (χ2v) is 4.47. The first kappa shape index (κ1) is 15.3. The number of carboxylic acids is 1. The molecule has 0 saturated carbocycles. The van der Waals surface area contributed by atoms with E-state index in [2.05, 4.69) is 0 Å². The van der Waals surface area contributed by atoms with Crippen LogP contribution in [0.2, 0.25) is 0 Å². The van der Waals surface area contributed by atoms with Gasteiger partial charge in [-0.1, -0.05) is 6.07 Å². The van der Waals surface area contributed by atoms with Gasteiger partial charge in [-0.05, 0) is 44.6 Å². The molecule has 0 spiro atoms. The van der Waals surface area contributed by atoms with Crippen molar-refractivity contribution in [1.82, 2.24) is 4.90 Å². The highest BCUT2D eigenvalue weighted by atomic mass is 16.5. The lowest BCUT2D eigenvalue weighted by atomic mass is 10.2. The molecule has 0 aromatic heterocycles. The fourth-order valence-electron chi connectivity index (χ4n) is 1.82. The summed E-state index contributed by atoms with van der Waals surface area (Å²) in [6.07, 6.45) is 0.812. The van der Waals surface area contributed by atoms with Crippen LogP contribution >= 0.6 is 0 Å². The fourth-order valence-corrected chi connectivity index (χ4v) is 1.82. The highest BCUT2D eigenvalue weighted by molar-refractivity contribution is 5.66. The third kappa shape index (κ3) is 5.61. The molecule has 106 valence electrons. The molecule has 1 aromatic carbocycles. The lowest BCUT2D eigenvalue weighted by Crippen LogP contribution is -2.19. The van der Waals surface area contributed by atoms with Crippen molar-refractivity contribution in [2.24, 2.45) is 0 Å². The van der Waals surface area contributed by atoms with Gasteiger partial charge in [-0.3, -0.25) is 4.79 Å². The van der Waals surface area contributed by atoms with Crippen LogP contribution in [0.15, 0.2) is 18.2 Å². The molecule has 1 aromatic rings. The standard InChI is InChI=1S/C14H21NO4/c1-3-19-13-9-11(6-7-12(13)16)10-15(2)8-4-5-14(17)18/h6-7,9,16H,3-5,8,10H2,1-2H3,(H,17,18). The van der Waals surface area contributed by atoms with Crippen molar-refractivity contribution >= 4 is 5.97 Å². The maximum Gasteiger partial charge on any atom is 0.303 e. The molecule has 2 N–H and O–H groups in total. The molecule has 0 fully saturated rings. The molecule has 5 nitrogen and oxygen atoms in total. The number of carbonyl (C=O) groups is 1. The van der Waals surface area contributed by atoms with Gasteiger partial charge in [-0.15, -0.1) is 0 Å². The number of aliphatic carboxylic acids is 1. The zero-order chi connectivity index (χ0) is 14.3. The van der Waals surface area contributed by atoms with Gasteiger partial charge in [0.25, 0.3) is 0 Å². The summed E-state index contributed by atoms with van der Waals surface area (Å²) in [5.74, 6) is -0.144. The van der Waals surface area contributed by atoms with Gasteiger partial charge in [0.1, 0.15) is 0 Å². The number of carboxylic acid groups (broad SMARTS) is 1. The first-order valence-corrected chi connectivity index (χ1v) is 6.38. The summed E-state index contributed by atoms with van der Waals surface area (Å²) in [5, 5.41) is 18.2. The fraction of sp³-hybridized carbons (Fsp3) is 0.500. The summed E-state index contributed by atoms with van der Waals surface area (Å²) < 4.78 is 5.33. The number of aromatic hydroxyl groups is 1. The molecule has 0 saturated heterocycles. The first-order valence-electron chi connectivity index (χ1n) is 6.38. The van der Waals surface area contributed by atoms with E-state index in [4.69, 9.17) is 9.84 Å². The average molecular weight is 267 g/mol. The minimum Gasteiger partial charge on any atom is -0.504 e. The minimum atomic E-state index is -0.767. The normalized spacial score (nSPS) is 10.7. The number of rotatable bonds is 8. The van der Waals surface area contributed by atoms with E-state index in [9.17, 15) is 9.90 Å². The van der Waals surface area contributed by atoms with Gasteiger partial charge in [-0.25, -0.2) is 0 Å². The molecule has 0 radical (unpaired) electrons. The number of nitrogens with zero attached hydrogens (tertiary/aromatic N) is 1. The topological polar surface area (TPSA) is 70.0 Å². The summed E-state index contributed by atoms with van der Waals surface area (Å²) >= 11 is 0. The van der Waals surface area contributed by atoms with E-state index >= 15 is 0 Å². The molecule has 0 atom stereocenters. The van der Waals surface area contributed by atoms with Gasteiger partial charge in [0.15, 0.2) is 11.5 Å². The summed E-state index contributed by atoms with van der Waals surface area (Å²) in [6, 6.07) is 5.27. The van der Waals surface area contributed by atoms with Crippen LogP contribution < -0.4 is 4.74 Å². The van der Waals surface area contributed by atoms with Gasteiger partial charge in [0, 0.05) is 13.0 Å². The molecule has 19 heavy (non-hydrogen) atoms. The van der Waals surface area contributed by atoms with Gasteiger partial charge >= 0.3 is 5.97 Å². The van der Waals surface area contributed by atoms with Crippen LogP contribution in [0, 0.1) is 0 Å². The lowest BCUT2D eigenvalue weighted by molar-refractivity contribution is -0.137. The smallest absolute Gasteiger partial charge is 0.303 e. The second kappa shape index (κ2) is 7.63. The third-order valence-electron chi connectivity index (χ3n) is 2.71. The highest BCUT2D eigenvalue weighted by Crippen LogP contribution is 2.27. The minimum absolute atomic E-state index is 0.138. The van der Waals surface area contributed by atoms with Crippen molar-refractivity contribution in [2.75, 3.05) is 20.2 Å². The predicted molar refractivity (Wildman–Crippen MR) is 72.5 cm³/mol. The molecule has 0 heterocycles. The Kier molecular flexibility index (Phi) is 6.15. The Morgan fingerprint density at radius 3 is 2.79 bits per heavy atom. The Morgan fingerprint density at radius 2 is 2.16 bits per heavy atom. The van der Waals surface area contributed by atoms with Crippen molar-refractivity contribution in [1.29, 1.82) is 0 Å². The number of hydrogen-bond donors (Lipinski definition) is 2. The van der Waals surface area contributed by atoms with Crippen molar-refractivity contribution in [2.45, 2.75) is 26.3 Å². The van der Waals surface area contributed by atoms with Crippen molar-refractivity contribution in [3.05, 3.63) is 23.8 Å². The van der Waals surface area contributed by atoms with E-state index in [-0.39, 0.29) is 12.2 Å². The maximum absolute atomic E-state index is 10.4. The number of ether oxygens (including phenoxy) is 1. The summed E-state index contributed by atoms with van der Waals surface area (Å²) in [7, 11) is 1.94. The van der Waals surface area contributed by atoms with E-state index in [1.54, 1.807) is 6.07 Å². The largest absolute Gasteiger partial charge is 0.504 e. The van der Waals surface area contributed by atoms with Crippen molar-refractivity contribution in [3.63, 3.8) is 0 Å². The third-order valence-corrected chi connectivity index (χ3v) is 2.71. The quantitative estimate of drug-likeness (QED) is 0.754. The zero-order valence-corrected chi connectivity index (χ0v) is 11.4. The van der Waals surface area contributed by atoms with Gasteiger partial charge in [0.2, 0.25) is 0 Å². The molecule has 0 amide bonds. The van der Waals surface area contributed by atoms with Crippen LogP contribution in [-0.2, 0) is 11.3 Å². The molecule has 5 heteroatoms. The Morgan fingerprint density at radius 1 is 1.42 bits per heavy atom. The van der Waals surface area contributed by atoms with Crippen LogP contribution in [0.5, 0.6) is 11.5 Å². The Balaban J connectivity index is 2.51. The lowest BCUT2D eigenvalue weighted by Gasteiger charge is -2.17. The van der Waals surface area contributed by atoms with Crippen LogP contribution in [0.3, 0.4) is 0 Å². The van der Waals surface area contributed by atoms with E-state index < -0.39 is 5.97 Å². The van der Waals surface area contributed by atoms with Crippen molar-refractivity contribution < 1.29 is 19.7 Å². The Bertz CT molecular complexity index is 420. The van der Waals surface area contributed by atoms with Crippen LogP contribution in [0.4, 0.5) is 0 Å². The maximum atomic E-state index is 10.4. The molecule has 0 aliphatic rings. The van der Waals surface area contributed by atoms with E-state index in [0.29, 0.717) is 25.3 Å². The molecular weight excluding hydrogens is 246 g/mol. The zero-order valence-electron chi connectivity index (χ0n) is 11.4. The SMILES string of the molecule is CCOc1cc(CN(C)CCCC(=O)O)ccc1O. The monoisotopic (exact) mass is 267 g/mol. The number of hydrogen-bond acceptors (Lipinski definition) is 4. The van der Waals surface area contributed by atoms with Crippen LogP contribution in [0.25, 0.3) is 0 Å². The Labute approximate surface area is 113 Å². The molecule has 1 rings (SSSR count). The van der Waals surface area contributed by atoms with Crippen LogP contribution in [0.1, 0.15) is 25.3 Å². The number of phenols is 1. The summed E-state index contributed by atoms with van der Waals surface area (Å²) in [6.45, 7) is 3.78. The second-order valence-electron chi connectivity index (χ2n) is 4.47.